The monoisotopic (exact) mass is 141 g/mol. The first-order chi connectivity index (χ1) is 4.33. The van der Waals surface area contributed by atoms with Gasteiger partial charge in [-0.15, -0.1) is 12.6 Å². The Bertz CT molecular complexity index is 184. The molecule has 0 aromatic carbocycles. The van der Waals surface area contributed by atoms with Crippen molar-refractivity contribution < 1.29 is 0 Å². The largest absolute Gasteiger partial charge is 0.357 e. The molecule has 0 spiro atoms. The summed E-state index contributed by atoms with van der Waals surface area (Å²) < 4.78 is 0. The zero-order chi connectivity index (χ0) is 6.69. The van der Waals surface area contributed by atoms with Crippen LogP contribution in [-0.4, -0.2) is 17.0 Å². The van der Waals surface area contributed by atoms with Crippen LogP contribution in [0.1, 0.15) is 0 Å². The maximum Gasteiger partial charge on any atom is 0.222 e. The summed E-state index contributed by atoms with van der Waals surface area (Å²) in [4.78, 5) is 8.57. The molecule has 1 N–H and O–H groups in total. The number of thiol groups is 1. The van der Waals surface area contributed by atoms with E-state index >= 15 is 0 Å². The van der Waals surface area contributed by atoms with E-state index in [1.165, 1.54) is 0 Å². The Morgan fingerprint density at radius 1 is 1.44 bits per heavy atom. The molecule has 9 heavy (non-hydrogen) atoms. The SMILES string of the molecule is CNc1ncc(S)cn1. The second-order valence-electron chi connectivity index (χ2n) is 1.51. The lowest BCUT2D eigenvalue weighted by atomic mass is 10.7. The van der Waals surface area contributed by atoms with Crippen molar-refractivity contribution in [2.45, 2.75) is 4.90 Å². The van der Waals surface area contributed by atoms with E-state index in [1.807, 2.05) is 0 Å². The van der Waals surface area contributed by atoms with E-state index in [-0.39, 0.29) is 0 Å². The van der Waals surface area contributed by atoms with Crippen LogP contribution in [0.4, 0.5) is 5.95 Å². The number of aromatic nitrogens is 2. The molecule has 0 amide bonds. The van der Waals surface area contributed by atoms with Crippen LogP contribution in [0.5, 0.6) is 0 Å². The third kappa shape index (κ3) is 1.57. The summed E-state index contributed by atoms with van der Waals surface area (Å²) in [6.45, 7) is 0. The van der Waals surface area contributed by atoms with Crippen LogP contribution in [-0.2, 0) is 0 Å². The Morgan fingerprint density at radius 3 is 2.44 bits per heavy atom. The summed E-state index contributed by atoms with van der Waals surface area (Å²) in [5.74, 6) is 0.618. The van der Waals surface area contributed by atoms with Crippen molar-refractivity contribution >= 4 is 18.6 Å². The lowest BCUT2D eigenvalue weighted by molar-refractivity contribution is 1.09. The van der Waals surface area contributed by atoms with Crippen molar-refractivity contribution in [1.82, 2.24) is 9.97 Å². The van der Waals surface area contributed by atoms with Crippen LogP contribution < -0.4 is 5.32 Å². The first-order valence-electron chi connectivity index (χ1n) is 2.51. The highest BCUT2D eigenvalue weighted by Crippen LogP contribution is 2.01. The maximum atomic E-state index is 4.02. The highest BCUT2D eigenvalue weighted by Gasteiger charge is 1.87. The first kappa shape index (κ1) is 6.35. The van der Waals surface area contributed by atoms with Crippen LogP contribution in [0, 0.1) is 0 Å². The van der Waals surface area contributed by atoms with Gasteiger partial charge < -0.3 is 5.32 Å². The summed E-state index contributed by atoms with van der Waals surface area (Å²) in [7, 11) is 1.77. The highest BCUT2D eigenvalue weighted by molar-refractivity contribution is 7.80. The molecular weight excluding hydrogens is 134 g/mol. The maximum absolute atomic E-state index is 4.02. The lowest BCUT2D eigenvalue weighted by Crippen LogP contribution is -1.93. The molecule has 0 aliphatic carbocycles. The quantitative estimate of drug-likeness (QED) is 0.568. The van der Waals surface area contributed by atoms with Gasteiger partial charge in [0.2, 0.25) is 5.95 Å². The van der Waals surface area contributed by atoms with Crippen molar-refractivity contribution in [3.8, 4) is 0 Å². The van der Waals surface area contributed by atoms with E-state index in [9.17, 15) is 0 Å². The van der Waals surface area contributed by atoms with Gasteiger partial charge in [-0.25, -0.2) is 9.97 Å². The van der Waals surface area contributed by atoms with E-state index in [1.54, 1.807) is 19.4 Å². The predicted octanol–water partition coefficient (Wildman–Crippen LogP) is 0.807. The number of nitrogens with zero attached hydrogens (tertiary/aromatic N) is 2. The number of anilines is 1. The van der Waals surface area contributed by atoms with Gasteiger partial charge in [0.15, 0.2) is 0 Å². The average molecular weight is 141 g/mol. The van der Waals surface area contributed by atoms with Gasteiger partial charge in [0, 0.05) is 24.3 Å². The van der Waals surface area contributed by atoms with Crippen LogP contribution in [0.15, 0.2) is 17.3 Å². The van der Waals surface area contributed by atoms with Crippen LogP contribution in [0.3, 0.4) is 0 Å². The number of nitrogens with one attached hydrogen (secondary N) is 1. The minimum Gasteiger partial charge on any atom is -0.357 e. The summed E-state index contributed by atoms with van der Waals surface area (Å²) in [5, 5.41) is 2.80. The van der Waals surface area contributed by atoms with Gasteiger partial charge in [0.05, 0.1) is 0 Å². The van der Waals surface area contributed by atoms with E-state index in [4.69, 9.17) is 0 Å². The molecule has 0 bridgehead atoms. The molecule has 0 saturated carbocycles. The number of hydrogen-bond donors (Lipinski definition) is 2. The minimum atomic E-state index is 0.618. The zero-order valence-electron chi connectivity index (χ0n) is 5.00. The van der Waals surface area contributed by atoms with Gasteiger partial charge in [-0.2, -0.15) is 0 Å². The molecule has 0 aliphatic rings. The molecule has 0 radical (unpaired) electrons. The first-order valence-corrected chi connectivity index (χ1v) is 2.96. The van der Waals surface area contributed by atoms with Gasteiger partial charge in [0.25, 0.3) is 0 Å². The van der Waals surface area contributed by atoms with Gasteiger partial charge >= 0.3 is 0 Å². The molecule has 1 aromatic rings. The third-order valence-electron chi connectivity index (χ3n) is 0.862. The van der Waals surface area contributed by atoms with Crippen molar-refractivity contribution in [2.75, 3.05) is 12.4 Å². The molecule has 1 rings (SSSR count). The predicted molar refractivity (Wildman–Crippen MR) is 38.8 cm³/mol. The Balaban J connectivity index is 2.88. The third-order valence-corrected chi connectivity index (χ3v) is 1.09. The smallest absolute Gasteiger partial charge is 0.222 e. The fourth-order valence-electron chi connectivity index (χ4n) is 0.450. The Labute approximate surface area is 58.9 Å². The highest BCUT2D eigenvalue weighted by atomic mass is 32.1. The van der Waals surface area contributed by atoms with E-state index in [0.717, 1.165) is 4.90 Å². The van der Waals surface area contributed by atoms with E-state index < -0.39 is 0 Å². The molecule has 0 atom stereocenters. The van der Waals surface area contributed by atoms with Gasteiger partial charge in [0.1, 0.15) is 0 Å². The molecule has 0 saturated heterocycles. The van der Waals surface area contributed by atoms with Crippen LogP contribution in [0.25, 0.3) is 0 Å². The molecule has 0 fully saturated rings. The molecule has 0 unspecified atom stereocenters. The van der Waals surface area contributed by atoms with Crippen LogP contribution in [0.2, 0.25) is 0 Å². The van der Waals surface area contributed by atoms with Crippen molar-refractivity contribution in [1.29, 1.82) is 0 Å². The second kappa shape index (κ2) is 2.68. The topological polar surface area (TPSA) is 37.8 Å². The zero-order valence-corrected chi connectivity index (χ0v) is 5.89. The lowest BCUT2D eigenvalue weighted by Gasteiger charge is -1.94. The standard InChI is InChI=1S/C5H7N3S/c1-6-5-7-2-4(9)3-8-5/h2-3,9H,1H3,(H,6,7,8). The Kier molecular flexibility index (Phi) is 1.89. The molecule has 4 heteroatoms. The Morgan fingerprint density at radius 2 is 2.00 bits per heavy atom. The van der Waals surface area contributed by atoms with Gasteiger partial charge in [-0.1, -0.05) is 0 Å². The molecule has 48 valence electrons. The van der Waals surface area contributed by atoms with Gasteiger partial charge in [-0.05, 0) is 0 Å². The van der Waals surface area contributed by atoms with Crippen LogP contribution >= 0.6 is 12.6 Å². The summed E-state index contributed by atoms with van der Waals surface area (Å²) >= 11 is 4.02. The molecule has 1 aromatic heterocycles. The fraction of sp³-hybridized carbons (Fsp3) is 0.200. The van der Waals surface area contributed by atoms with Crippen molar-refractivity contribution in [3.63, 3.8) is 0 Å². The summed E-state index contributed by atoms with van der Waals surface area (Å²) in [6, 6.07) is 0. The average Bonchev–Trinajstić information content (AvgIpc) is 1.90. The van der Waals surface area contributed by atoms with E-state index in [2.05, 4.69) is 27.9 Å². The fourth-order valence-corrected chi connectivity index (χ4v) is 0.566. The molecule has 3 nitrogen and oxygen atoms in total. The summed E-state index contributed by atoms with van der Waals surface area (Å²) in [6.07, 6.45) is 3.28. The number of rotatable bonds is 1. The molecule has 1 heterocycles. The number of hydrogen-bond acceptors (Lipinski definition) is 4. The normalized spacial score (nSPS) is 9.11. The second-order valence-corrected chi connectivity index (χ2v) is 2.03. The van der Waals surface area contributed by atoms with Gasteiger partial charge in [-0.3, -0.25) is 0 Å². The summed E-state index contributed by atoms with van der Waals surface area (Å²) in [5.41, 5.74) is 0. The van der Waals surface area contributed by atoms with Crippen molar-refractivity contribution in [3.05, 3.63) is 12.4 Å². The van der Waals surface area contributed by atoms with Crippen molar-refractivity contribution in [2.24, 2.45) is 0 Å². The molecule has 0 aliphatic heterocycles. The molecular formula is C5H7N3S. The van der Waals surface area contributed by atoms with E-state index in [0.29, 0.717) is 5.95 Å². The Hall–Kier alpha value is -0.770. The minimum absolute atomic E-state index is 0.618.